The van der Waals surface area contributed by atoms with E-state index in [0.717, 1.165) is 5.56 Å². The summed E-state index contributed by atoms with van der Waals surface area (Å²) in [4.78, 5) is 36.6. The van der Waals surface area contributed by atoms with Gasteiger partial charge in [-0.25, -0.2) is 0 Å². The number of aromatic nitrogens is 1. The van der Waals surface area contributed by atoms with Gasteiger partial charge in [-0.1, -0.05) is 0 Å². The lowest BCUT2D eigenvalue weighted by Crippen LogP contribution is -2.29. The SMILES string of the molecule is O=C(O)CCC(CCC(=O)O)(CCC(=O)O)c1ccncc1. The van der Waals surface area contributed by atoms with Crippen LogP contribution in [0, 0.1) is 0 Å². The maximum atomic E-state index is 10.9. The van der Waals surface area contributed by atoms with E-state index in [-0.39, 0.29) is 38.5 Å². The van der Waals surface area contributed by atoms with E-state index in [0.29, 0.717) is 0 Å². The highest BCUT2D eigenvalue weighted by atomic mass is 16.4. The molecule has 1 heterocycles. The number of hydrogen-bond acceptors (Lipinski definition) is 4. The predicted octanol–water partition coefficient (Wildman–Crippen LogP) is 1.91. The van der Waals surface area contributed by atoms with Crippen LogP contribution in [0.15, 0.2) is 24.5 Å². The number of nitrogens with zero attached hydrogens (tertiary/aromatic N) is 1. The minimum atomic E-state index is -0.996. The molecule has 0 unspecified atom stereocenters. The summed E-state index contributed by atoms with van der Waals surface area (Å²) in [5.41, 5.74) is -0.0655. The molecule has 1 aromatic rings. The van der Waals surface area contributed by atoms with Crippen molar-refractivity contribution in [3.63, 3.8) is 0 Å². The zero-order valence-corrected chi connectivity index (χ0v) is 12.1. The maximum Gasteiger partial charge on any atom is 0.303 e. The summed E-state index contributed by atoms with van der Waals surface area (Å²) in [6.07, 6.45) is 3.18. The maximum absolute atomic E-state index is 10.9. The van der Waals surface area contributed by atoms with Gasteiger partial charge in [0, 0.05) is 31.7 Å². The van der Waals surface area contributed by atoms with Gasteiger partial charge >= 0.3 is 17.9 Å². The predicted molar refractivity (Wildman–Crippen MR) is 76.5 cm³/mol. The fourth-order valence-electron chi connectivity index (χ4n) is 2.55. The number of aliphatic carboxylic acids is 3. The Hall–Kier alpha value is -2.44. The first-order chi connectivity index (χ1) is 10.4. The summed E-state index contributed by atoms with van der Waals surface area (Å²) in [6.45, 7) is 0. The molecule has 1 rings (SSSR count). The van der Waals surface area contributed by atoms with E-state index < -0.39 is 23.3 Å². The lowest BCUT2D eigenvalue weighted by atomic mass is 9.70. The van der Waals surface area contributed by atoms with Crippen LogP contribution in [0.1, 0.15) is 44.1 Å². The van der Waals surface area contributed by atoms with Crippen molar-refractivity contribution in [2.45, 2.75) is 43.9 Å². The van der Waals surface area contributed by atoms with Crippen molar-refractivity contribution in [2.75, 3.05) is 0 Å². The quantitative estimate of drug-likeness (QED) is 0.603. The van der Waals surface area contributed by atoms with E-state index in [9.17, 15) is 14.4 Å². The molecule has 0 radical (unpaired) electrons. The number of hydrogen-bond donors (Lipinski definition) is 3. The standard InChI is InChI=1S/C15H19NO6/c17-12(18)1-6-15(7-2-13(19)20,8-3-14(21)22)11-4-9-16-10-5-11/h4-5,9-10H,1-3,6-8H2,(H,17,18)(H,19,20)(H,21,22). The normalized spacial score (nSPS) is 11.1. The molecule has 7 nitrogen and oxygen atoms in total. The Balaban J connectivity index is 3.11. The summed E-state index contributed by atoms with van der Waals surface area (Å²) in [7, 11) is 0. The summed E-state index contributed by atoms with van der Waals surface area (Å²) in [5.74, 6) is -2.99. The molecule has 0 aromatic carbocycles. The van der Waals surface area contributed by atoms with E-state index in [1.54, 1.807) is 12.1 Å². The molecular weight excluding hydrogens is 290 g/mol. The molecule has 0 amide bonds. The van der Waals surface area contributed by atoms with Gasteiger partial charge in [-0.15, -0.1) is 0 Å². The smallest absolute Gasteiger partial charge is 0.303 e. The molecule has 0 spiro atoms. The molecule has 0 saturated carbocycles. The second-order valence-electron chi connectivity index (χ2n) is 5.20. The van der Waals surface area contributed by atoms with Gasteiger partial charge in [-0.2, -0.15) is 0 Å². The lowest BCUT2D eigenvalue weighted by Gasteiger charge is -2.33. The molecule has 3 N–H and O–H groups in total. The van der Waals surface area contributed by atoms with E-state index in [1.807, 2.05) is 0 Å². The average molecular weight is 309 g/mol. The van der Waals surface area contributed by atoms with Crippen LogP contribution in [0.4, 0.5) is 0 Å². The first kappa shape index (κ1) is 17.6. The molecule has 120 valence electrons. The summed E-state index contributed by atoms with van der Waals surface area (Å²) < 4.78 is 0. The van der Waals surface area contributed by atoms with Gasteiger partial charge in [0.1, 0.15) is 0 Å². The fourth-order valence-corrected chi connectivity index (χ4v) is 2.55. The van der Waals surface area contributed by atoms with Gasteiger partial charge < -0.3 is 15.3 Å². The van der Waals surface area contributed by atoms with Gasteiger partial charge in [0.05, 0.1) is 0 Å². The average Bonchev–Trinajstić information content (AvgIpc) is 2.47. The molecule has 0 saturated heterocycles. The highest BCUT2D eigenvalue weighted by Gasteiger charge is 2.33. The van der Waals surface area contributed by atoms with Gasteiger partial charge in [0.2, 0.25) is 0 Å². The van der Waals surface area contributed by atoms with E-state index in [1.165, 1.54) is 12.4 Å². The summed E-state index contributed by atoms with van der Waals surface area (Å²) in [6, 6.07) is 3.37. The van der Waals surface area contributed by atoms with Crippen LogP contribution in [0.25, 0.3) is 0 Å². The third-order valence-corrected chi connectivity index (χ3v) is 3.74. The zero-order chi connectivity index (χ0) is 16.6. The first-order valence-electron chi connectivity index (χ1n) is 6.91. The van der Waals surface area contributed by atoms with Crippen molar-refractivity contribution < 1.29 is 29.7 Å². The molecule has 1 aromatic heterocycles. The second-order valence-corrected chi connectivity index (χ2v) is 5.20. The lowest BCUT2D eigenvalue weighted by molar-refractivity contribution is -0.137. The molecule has 0 aliphatic heterocycles. The molecule has 0 fully saturated rings. The third-order valence-electron chi connectivity index (χ3n) is 3.74. The first-order valence-corrected chi connectivity index (χ1v) is 6.91. The highest BCUT2D eigenvalue weighted by molar-refractivity contribution is 5.69. The van der Waals surface area contributed by atoms with Crippen molar-refractivity contribution in [1.29, 1.82) is 0 Å². The Labute approximate surface area is 127 Å². The topological polar surface area (TPSA) is 125 Å². The Morgan fingerprint density at radius 3 is 1.50 bits per heavy atom. The van der Waals surface area contributed by atoms with Crippen LogP contribution in [0.5, 0.6) is 0 Å². The minimum absolute atomic E-state index is 0.151. The van der Waals surface area contributed by atoms with Gasteiger partial charge in [-0.05, 0) is 42.4 Å². The number of carbonyl (C=O) groups is 3. The van der Waals surface area contributed by atoms with Crippen molar-refractivity contribution in [2.24, 2.45) is 0 Å². The van der Waals surface area contributed by atoms with Crippen LogP contribution < -0.4 is 0 Å². The van der Waals surface area contributed by atoms with Crippen LogP contribution in [0.3, 0.4) is 0 Å². The van der Waals surface area contributed by atoms with Gasteiger partial charge in [-0.3, -0.25) is 19.4 Å². The van der Waals surface area contributed by atoms with E-state index in [4.69, 9.17) is 15.3 Å². The number of carboxylic acids is 3. The number of carboxylic acid groups (broad SMARTS) is 3. The molecule has 22 heavy (non-hydrogen) atoms. The van der Waals surface area contributed by atoms with Crippen molar-refractivity contribution >= 4 is 17.9 Å². The largest absolute Gasteiger partial charge is 0.481 e. The van der Waals surface area contributed by atoms with Gasteiger partial charge in [0.25, 0.3) is 0 Å². The fraction of sp³-hybridized carbons (Fsp3) is 0.467. The molecule has 7 heteroatoms. The monoisotopic (exact) mass is 309 g/mol. The Kier molecular flexibility index (Phi) is 6.49. The molecule has 0 bridgehead atoms. The summed E-state index contributed by atoms with van der Waals surface area (Å²) >= 11 is 0. The summed E-state index contributed by atoms with van der Waals surface area (Å²) in [5, 5.41) is 26.8. The molecule has 0 aliphatic rings. The van der Waals surface area contributed by atoms with Crippen molar-refractivity contribution in [1.82, 2.24) is 4.98 Å². The third kappa shape index (κ3) is 5.51. The van der Waals surface area contributed by atoms with Crippen LogP contribution in [0.2, 0.25) is 0 Å². The number of rotatable bonds is 10. The Bertz CT molecular complexity index is 483. The van der Waals surface area contributed by atoms with E-state index in [2.05, 4.69) is 4.98 Å². The molecular formula is C15H19NO6. The Morgan fingerprint density at radius 2 is 1.18 bits per heavy atom. The van der Waals surface area contributed by atoms with Gasteiger partial charge in [0.15, 0.2) is 0 Å². The Morgan fingerprint density at radius 1 is 0.818 bits per heavy atom. The second kappa shape index (κ2) is 8.11. The highest BCUT2D eigenvalue weighted by Crippen LogP contribution is 2.38. The van der Waals surface area contributed by atoms with E-state index >= 15 is 0 Å². The van der Waals surface area contributed by atoms with Crippen LogP contribution in [-0.2, 0) is 19.8 Å². The molecule has 0 aliphatic carbocycles. The molecule has 0 atom stereocenters. The number of pyridine rings is 1. The van der Waals surface area contributed by atoms with Crippen LogP contribution in [-0.4, -0.2) is 38.2 Å². The zero-order valence-electron chi connectivity index (χ0n) is 12.1. The van der Waals surface area contributed by atoms with Crippen molar-refractivity contribution in [3.05, 3.63) is 30.1 Å². The van der Waals surface area contributed by atoms with Crippen molar-refractivity contribution in [3.8, 4) is 0 Å². The minimum Gasteiger partial charge on any atom is -0.481 e. The van der Waals surface area contributed by atoms with Crippen LogP contribution >= 0.6 is 0 Å².